The summed E-state index contributed by atoms with van der Waals surface area (Å²) in [5.74, 6) is -0.954. The van der Waals surface area contributed by atoms with Gasteiger partial charge in [-0.15, -0.1) is 0 Å². The molecule has 1 heterocycles. The first-order valence-electron chi connectivity index (χ1n) is 7.37. The van der Waals surface area contributed by atoms with Crippen molar-refractivity contribution in [3.05, 3.63) is 77.6 Å². The van der Waals surface area contributed by atoms with Crippen molar-refractivity contribution >= 4 is 17.5 Å². The van der Waals surface area contributed by atoms with Crippen LogP contribution >= 0.6 is 0 Å². The Bertz CT molecular complexity index is 915. The average Bonchev–Trinajstić information content (AvgIpc) is 3.05. The van der Waals surface area contributed by atoms with Crippen LogP contribution in [0.3, 0.4) is 0 Å². The molecular formula is C18H16N4O2. The third-order valence-corrected chi connectivity index (χ3v) is 3.65. The summed E-state index contributed by atoms with van der Waals surface area (Å²) in [6.07, 6.45) is 3.12. The molecule has 0 spiro atoms. The number of nitrogens with one attached hydrogen (secondary N) is 1. The Morgan fingerprint density at radius 2 is 1.79 bits per heavy atom. The number of nitrogens with zero attached hydrogens (tertiary/aromatic N) is 2. The van der Waals surface area contributed by atoms with Gasteiger partial charge in [0.2, 0.25) is 0 Å². The van der Waals surface area contributed by atoms with E-state index in [1.165, 1.54) is 6.20 Å². The maximum atomic E-state index is 12.4. The van der Waals surface area contributed by atoms with Crippen molar-refractivity contribution in [2.24, 2.45) is 5.73 Å². The van der Waals surface area contributed by atoms with Crippen LogP contribution in [0.15, 0.2) is 60.9 Å². The van der Waals surface area contributed by atoms with Gasteiger partial charge in [0.05, 0.1) is 28.7 Å². The number of anilines is 1. The Morgan fingerprint density at radius 1 is 1.08 bits per heavy atom. The summed E-state index contributed by atoms with van der Waals surface area (Å²) in [5, 5.41) is 6.93. The summed E-state index contributed by atoms with van der Waals surface area (Å²) in [6, 6.07) is 14.3. The minimum atomic E-state index is -0.596. The van der Waals surface area contributed by atoms with E-state index in [4.69, 9.17) is 5.73 Å². The Morgan fingerprint density at radius 3 is 2.54 bits per heavy atom. The molecule has 0 bridgehead atoms. The van der Waals surface area contributed by atoms with Crippen LogP contribution in [0.4, 0.5) is 5.69 Å². The van der Waals surface area contributed by atoms with Gasteiger partial charge in [-0.1, -0.05) is 30.3 Å². The molecule has 2 aromatic carbocycles. The molecule has 24 heavy (non-hydrogen) atoms. The highest BCUT2D eigenvalue weighted by Gasteiger charge is 2.14. The van der Waals surface area contributed by atoms with Gasteiger partial charge in [-0.05, 0) is 30.7 Å². The Balaban J connectivity index is 1.85. The first-order chi connectivity index (χ1) is 11.6. The second-order valence-electron chi connectivity index (χ2n) is 5.32. The molecule has 3 N–H and O–H groups in total. The van der Waals surface area contributed by atoms with Gasteiger partial charge in [-0.2, -0.15) is 5.10 Å². The number of rotatable bonds is 4. The number of carbonyl (C=O) groups excluding carboxylic acids is 2. The molecule has 0 aliphatic rings. The largest absolute Gasteiger partial charge is 0.366 e. The summed E-state index contributed by atoms with van der Waals surface area (Å²) in [5.41, 5.74) is 8.29. The van der Waals surface area contributed by atoms with Gasteiger partial charge in [-0.25, -0.2) is 4.68 Å². The molecular weight excluding hydrogens is 304 g/mol. The summed E-state index contributed by atoms with van der Waals surface area (Å²) in [7, 11) is 0. The van der Waals surface area contributed by atoms with Gasteiger partial charge in [0.15, 0.2) is 0 Å². The fourth-order valence-corrected chi connectivity index (χ4v) is 2.39. The average molecular weight is 320 g/mol. The van der Waals surface area contributed by atoms with Gasteiger partial charge in [0.1, 0.15) is 0 Å². The standard InChI is InChI=1S/C18H16N4O2/c1-12-6-2-5-9-16(12)22-11-13(10-20-22)18(24)21-15-8-4-3-7-14(15)17(19)23/h2-11H,1H3,(H2,19,23)(H,21,24). The van der Waals surface area contributed by atoms with Crippen LogP contribution in [-0.4, -0.2) is 21.6 Å². The molecule has 0 radical (unpaired) electrons. The fraction of sp³-hybridized carbons (Fsp3) is 0.0556. The Kier molecular flexibility index (Phi) is 4.11. The second kappa shape index (κ2) is 6.37. The van der Waals surface area contributed by atoms with Crippen LogP contribution in [0.5, 0.6) is 0 Å². The number of hydrogen-bond acceptors (Lipinski definition) is 3. The van der Waals surface area contributed by atoms with E-state index in [1.54, 1.807) is 35.1 Å². The van der Waals surface area contributed by atoms with Crippen molar-refractivity contribution in [3.8, 4) is 5.69 Å². The maximum absolute atomic E-state index is 12.4. The third kappa shape index (κ3) is 3.03. The van der Waals surface area contributed by atoms with Crippen LogP contribution in [-0.2, 0) is 0 Å². The molecule has 0 unspecified atom stereocenters. The molecule has 0 aliphatic carbocycles. The van der Waals surface area contributed by atoms with Crippen LogP contribution < -0.4 is 11.1 Å². The maximum Gasteiger partial charge on any atom is 0.258 e. The molecule has 120 valence electrons. The van der Waals surface area contributed by atoms with E-state index in [9.17, 15) is 9.59 Å². The number of nitrogens with two attached hydrogens (primary N) is 1. The van der Waals surface area contributed by atoms with E-state index in [-0.39, 0.29) is 11.5 Å². The second-order valence-corrected chi connectivity index (χ2v) is 5.32. The molecule has 1 aromatic heterocycles. The van der Waals surface area contributed by atoms with Gasteiger partial charge in [0.25, 0.3) is 11.8 Å². The van der Waals surface area contributed by atoms with Crippen molar-refractivity contribution in [1.82, 2.24) is 9.78 Å². The Hall–Kier alpha value is -3.41. The summed E-state index contributed by atoms with van der Waals surface area (Å²) in [4.78, 5) is 23.8. The first-order valence-corrected chi connectivity index (χ1v) is 7.37. The highest BCUT2D eigenvalue weighted by atomic mass is 16.2. The predicted octanol–water partition coefficient (Wildman–Crippen LogP) is 2.53. The van der Waals surface area contributed by atoms with E-state index in [1.807, 2.05) is 31.2 Å². The molecule has 0 aliphatic heterocycles. The number of carbonyl (C=O) groups is 2. The molecule has 0 saturated heterocycles. The number of hydrogen-bond donors (Lipinski definition) is 2. The van der Waals surface area contributed by atoms with Crippen molar-refractivity contribution in [2.45, 2.75) is 6.92 Å². The zero-order valence-corrected chi connectivity index (χ0v) is 13.1. The molecule has 0 atom stereocenters. The number of amides is 2. The lowest BCUT2D eigenvalue weighted by Crippen LogP contribution is -2.17. The quantitative estimate of drug-likeness (QED) is 0.774. The number of benzene rings is 2. The molecule has 0 fully saturated rings. The van der Waals surface area contributed by atoms with Gasteiger partial charge in [0, 0.05) is 6.20 Å². The minimum absolute atomic E-state index is 0.261. The summed E-state index contributed by atoms with van der Waals surface area (Å²) < 4.78 is 1.64. The molecule has 2 amide bonds. The summed E-state index contributed by atoms with van der Waals surface area (Å²) >= 11 is 0. The lowest BCUT2D eigenvalue weighted by molar-refractivity contribution is 0.100. The van der Waals surface area contributed by atoms with Crippen LogP contribution in [0.2, 0.25) is 0 Å². The van der Waals surface area contributed by atoms with Crippen molar-refractivity contribution < 1.29 is 9.59 Å². The molecule has 3 aromatic rings. The fourth-order valence-electron chi connectivity index (χ4n) is 2.39. The molecule has 6 nitrogen and oxygen atoms in total. The third-order valence-electron chi connectivity index (χ3n) is 3.65. The van der Waals surface area contributed by atoms with Gasteiger partial charge >= 0.3 is 0 Å². The first kappa shape index (κ1) is 15.5. The Labute approximate surface area is 138 Å². The smallest absolute Gasteiger partial charge is 0.258 e. The number of primary amides is 1. The summed E-state index contributed by atoms with van der Waals surface area (Å²) in [6.45, 7) is 1.97. The zero-order valence-electron chi connectivity index (χ0n) is 13.1. The molecule has 6 heteroatoms. The number of para-hydroxylation sites is 2. The lowest BCUT2D eigenvalue weighted by Gasteiger charge is -2.07. The van der Waals surface area contributed by atoms with Crippen molar-refractivity contribution in [3.63, 3.8) is 0 Å². The van der Waals surface area contributed by atoms with E-state index < -0.39 is 5.91 Å². The van der Waals surface area contributed by atoms with E-state index in [2.05, 4.69) is 10.4 Å². The number of aromatic nitrogens is 2. The molecule has 3 rings (SSSR count). The van der Waals surface area contributed by atoms with E-state index >= 15 is 0 Å². The molecule has 0 saturated carbocycles. The van der Waals surface area contributed by atoms with Crippen molar-refractivity contribution in [2.75, 3.05) is 5.32 Å². The van der Waals surface area contributed by atoms with Gasteiger partial charge < -0.3 is 11.1 Å². The minimum Gasteiger partial charge on any atom is -0.366 e. The highest BCUT2D eigenvalue weighted by Crippen LogP contribution is 2.17. The predicted molar refractivity (Wildman–Crippen MR) is 91.2 cm³/mol. The van der Waals surface area contributed by atoms with Crippen LogP contribution in [0.1, 0.15) is 26.3 Å². The van der Waals surface area contributed by atoms with Gasteiger partial charge in [-0.3, -0.25) is 9.59 Å². The lowest BCUT2D eigenvalue weighted by atomic mass is 10.1. The van der Waals surface area contributed by atoms with Crippen LogP contribution in [0.25, 0.3) is 5.69 Å². The normalized spacial score (nSPS) is 10.4. The number of aryl methyl sites for hydroxylation is 1. The zero-order chi connectivity index (χ0) is 17.1. The highest BCUT2D eigenvalue weighted by molar-refractivity contribution is 6.08. The van der Waals surface area contributed by atoms with Crippen LogP contribution in [0, 0.1) is 6.92 Å². The SMILES string of the molecule is Cc1ccccc1-n1cc(C(=O)Nc2ccccc2C(N)=O)cn1. The van der Waals surface area contributed by atoms with Crippen molar-refractivity contribution in [1.29, 1.82) is 0 Å². The van der Waals surface area contributed by atoms with E-state index in [0.717, 1.165) is 11.3 Å². The topological polar surface area (TPSA) is 90.0 Å². The monoisotopic (exact) mass is 320 g/mol. The van der Waals surface area contributed by atoms with E-state index in [0.29, 0.717) is 11.3 Å².